The van der Waals surface area contributed by atoms with Crippen LogP contribution in [0.4, 0.5) is 0 Å². The second kappa shape index (κ2) is 8.51. The Bertz CT molecular complexity index is 462. The first-order chi connectivity index (χ1) is 9.88. The maximum Gasteiger partial charge on any atom is 0.238 e. The molecule has 7 heteroatoms. The van der Waals surface area contributed by atoms with E-state index in [0.717, 1.165) is 12.0 Å². The highest BCUT2D eigenvalue weighted by atomic mass is 32.2. The van der Waals surface area contributed by atoms with E-state index in [9.17, 15) is 13.2 Å². The molecule has 0 radical (unpaired) electrons. The van der Waals surface area contributed by atoms with Crippen molar-refractivity contribution in [3.8, 4) is 0 Å². The molecule has 1 unspecified atom stereocenters. The smallest absolute Gasteiger partial charge is 0.238 e. The van der Waals surface area contributed by atoms with Crippen LogP contribution in [-0.2, 0) is 19.6 Å². The number of hydrogen-bond acceptors (Lipinski definition) is 4. The van der Waals surface area contributed by atoms with E-state index in [4.69, 9.17) is 4.74 Å². The third kappa shape index (κ3) is 5.76. The summed E-state index contributed by atoms with van der Waals surface area (Å²) in [5.41, 5.74) is 0.925. The van der Waals surface area contributed by atoms with Crippen LogP contribution in [0.1, 0.15) is 33.1 Å². The van der Waals surface area contributed by atoms with Gasteiger partial charge in [-0.15, -0.1) is 0 Å². The molecule has 0 aliphatic carbocycles. The van der Waals surface area contributed by atoms with Gasteiger partial charge in [0.1, 0.15) is 6.04 Å². The predicted molar refractivity (Wildman–Crippen MR) is 82.4 cm³/mol. The Morgan fingerprint density at radius 1 is 1.48 bits per heavy atom. The molecule has 0 aromatic heterocycles. The molecule has 0 bridgehead atoms. The number of sulfonamides is 1. The van der Waals surface area contributed by atoms with Crippen molar-refractivity contribution in [1.82, 2.24) is 9.62 Å². The van der Waals surface area contributed by atoms with Gasteiger partial charge in [0.2, 0.25) is 15.9 Å². The summed E-state index contributed by atoms with van der Waals surface area (Å²) in [6.45, 7) is 9.09. The standard InChI is InChI=1S/C14H26N2O4S/c1-4-10-21(18,19)16-8-5-6-13(16)14(17)15-7-9-20-11-12(2)3/h13H,2,4-11H2,1,3H3,(H,15,17). The molecule has 1 aliphatic rings. The minimum absolute atomic E-state index is 0.0957. The van der Waals surface area contributed by atoms with E-state index >= 15 is 0 Å². The highest BCUT2D eigenvalue weighted by Gasteiger charge is 2.37. The number of carbonyl (C=O) groups excluding carboxylic acids is 1. The van der Waals surface area contributed by atoms with Crippen molar-refractivity contribution in [3.05, 3.63) is 12.2 Å². The summed E-state index contributed by atoms with van der Waals surface area (Å²) in [7, 11) is -3.32. The zero-order chi connectivity index (χ0) is 15.9. The second-order valence-corrected chi connectivity index (χ2v) is 7.43. The molecule has 1 heterocycles. The van der Waals surface area contributed by atoms with Crippen LogP contribution in [0.5, 0.6) is 0 Å². The van der Waals surface area contributed by atoms with E-state index in [1.807, 2.05) is 13.8 Å². The van der Waals surface area contributed by atoms with Crippen LogP contribution in [0.15, 0.2) is 12.2 Å². The summed E-state index contributed by atoms with van der Waals surface area (Å²) in [5.74, 6) is -0.135. The quantitative estimate of drug-likeness (QED) is 0.506. The van der Waals surface area contributed by atoms with E-state index < -0.39 is 16.1 Å². The molecule has 1 N–H and O–H groups in total. The first-order valence-electron chi connectivity index (χ1n) is 7.38. The molecule has 1 atom stereocenters. The van der Waals surface area contributed by atoms with Gasteiger partial charge in [-0.2, -0.15) is 4.31 Å². The Labute approximate surface area is 127 Å². The highest BCUT2D eigenvalue weighted by Crippen LogP contribution is 2.21. The van der Waals surface area contributed by atoms with Crippen LogP contribution < -0.4 is 5.32 Å². The minimum atomic E-state index is -3.32. The van der Waals surface area contributed by atoms with Gasteiger partial charge in [-0.1, -0.05) is 19.1 Å². The maximum absolute atomic E-state index is 12.1. The molecule has 1 aliphatic heterocycles. The number of hydrogen-bond donors (Lipinski definition) is 1. The first-order valence-corrected chi connectivity index (χ1v) is 8.98. The molecular weight excluding hydrogens is 292 g/mol. The van der Waals surface area contributed by atoms with Crippen molar-refractivity contribution in [1.29, 1.82) is 0 Å². The van der Waals surface area contributed by atoms with Gasteiger partial charge in [0.25, 0.3) is 0 Å². The molecule has 1 amide bonds. The molecule has 1 rings (SSSR count). The molecule has 1 fully saturated rings. The molecule has 0 saturated carbocycles. The van der Waals surface area contributed by atoms with Crippen molar-refractivity contribution >= 4 is 15.9 Å². The van der Waals surface area contributed by atoms with Gasteiger partial charge in [0.15, 0.2) is 0 Å². The Morgan fingerprint density at radius 2 is 2.19 bits per heavy atom. The van der Waals surface area contributed by atoms with Crippen LogP contribution in [-0.4, -0.2) is 56.7 Å². The largest absolute Gasteiger partial charge is 0.375 e. The second-order valence-electron chi connectivity index (χ2n) is 5.39. The fourth-order valence-electron chi connectivity index (χ4n) is 2.32. The van der Waals surface area contributed by atoms with Gasteiger partial charge in [-0.25, -0.2) is 8.42 Å². The number of ether oxygens (including phenoxy) is 1. The Kier molecular flexibility index (Phi) is 7.34. The zero-order valence-electron chi connectivity index (χ0n) is 12.9. The zero-order valence-corrected chi connectivity index (χ0v) is 13.7. The molecular formula is C14H26N2O4S. The van der Waals surface area contributed by atoms with Crippen molar-refractivity contribution in [2.24, 2.45) is 0 Å². The number of amides is 1. The van der Waals surface area contributed by atoms with Gasteiger partial charge in [-0.05, 0) is 26.2 Å². The Balaban J connectivity index is 2.44. The monoisotopic (exact) mass is 318 g/mol. The summed E-state index contributed by atoms with van der Waals surface area (Å²) in [6.07, 6.45) is 1.87. The normalized spacial score (nSPS) is 19.6. The van der Waals surface area contributed by atoms with E-state index in [2.05, 4.69) is 11.9 Å². The Hall–Kier alpha value is -0.920. The predicted octanol–water partition coefficient (Wildman–Crippen LogP) is 0.900. The molecule has 122 valence electrons. The van der Waals surface area contributed by atoms with E-state index in [0.29, 0.717) is 39.1 Å². The molecule has 0 aromatic rings. The van der Waals surface area contributed by atoms with Crippen molar-refractivity contribution < 1.29 is 17.9 Å². The highest BCUT2D eigenvalue weighted by molar-refractivity contribution is 7.89. The third-order valence-electron chi connectivity index (χ3n) is 3.22. The summed E-state index contributed by atoms with van der Waals surface area (Å²) < 4.78 is 30.9. The van der Waals surface area contributed by atoms with Gasteiger partial charge in [0, 0.05) is 13.1 Å². The molecule has 6 nitrogen and oxygen atoms in total. The third-order valence-corrected chi connectivity index (χ3v) is 5.30. The molecule has 21 heavy (non-hydrogen) atoms. The molecule has 1 saturated heterocycles. The van der Waals surface area contributed by atoms with E-state index in [1.54, 1.807) is 0 Å². The fourth-order valence-corrected chi connectivity index (χ4v) is 4.07. The average Bonchev–Trinajstić information content (AvgIpc) is 2.87. The van der Waals surface area contributed by atoms with E-state index in [-0.39, 0.29) is 11.7 Å². The lowest BCUT2D eigenvalue weighted by atomic mass is 10.2. The number of carbonyl (C=O) groups is 1. The minimum Gasteiger partial charge on any atom is -0.375 e. The number of nitrogens with zero attached hydrogens (tertiary/aromatic N) is 1. The summed E-state index contributed by atoms with van der Waals surface area (Å²) in [6, 6.07) is -0.567. The Morgan fingerprint density at radius 3 is 2.81 bits per heavy atom. The SMILES string of the molecule is C=C(C)COCCNC(=O)C1CCCN1S(=O)(=O)CCC. The van der Waals surface area contributed by atoms with Crippen LogP contribution in [0.25, 0.3) is 0 Å². The lowest BCUT2D eigenvalue weighted by Gasteiger charge is -2.23. The lowest BCUT2D eigenvalue weighted by Crippen LogP contribution is -2.47. The molecule has 0 aromatic carbocycles. The molecule has 0 spiro atoms. The van der Waals surface area contributed by atoms with Crippen LogP contribution in [0.3, 0.4) is 0 Å². The fraction of sp³-hybridized carbons (Fsp3) is 0.786. The average molecular weight is 318 g/mol. The lowest BCUT2D eigenvalue weighted by molar-refractivity contribution is -0.124. The van der Waals surface area contributed by atoms with Crippen molar-refractivity contribution in [2.75, 3.05) is 32.1 Å². The van der Waals surface area contributed by atoms with Gasteiger partial charge >= 0.3 is 0 Å². The van der Waals surface area contributed by atoms with Gasteiger partial charge in [0.05, 0.1) is 19.0 Å². The number of rotatable bonds is 9. The van der Waals surface area contributed by atoms with E-state index in [1.165, 1.54) is 4.31 Å². The van der Waals surface area contributed by atoms with Crippen LogP contribution in [0.2, 0.25) is 0 Å². The van der Waals surface area contributed by atoms with Gasteiger partial charge < -0.3 is 10.1 Å². The number of nitrogens with one attached hydrogen (secondary N) is 1. The van der Waals surface area contributed by atoms with Crippen molar-refractivity contribution in [2.45, 2.75) is 39.2 Å². The topological polar surface area (TPSA) is 75.7 Å². The van der Waals surface area contributed by atoms with Crippen LogP contribution in [0, 0.1) is 0 Å². The summed E-state index contributed by atoms with van der Waals surface area (Å²) >= 11 is 0. The van der Waals surface area contributed by atoms with Crippen molar-refractivity contribution in [3.63, 3.8) is 0 Å². The summed E-state index contributed by atoms with van der Waals surface area (Å²) in [4.78, 5) is 12.1. The van der Waals surface area contributed by atoms with Gasteiger partial charge in [-0.3, -0.25) is 4.79 Å². The maximum atomic E-state index is 12.1. The summed E-state index contributed by atoms with van der Waals surface area (Å²) in [5, 5.41) is 2.74. The first kappa shape index (κ1) is 18.1. The van der Waals surface area contributed by atoms with Crippen LogP contribution >= 0.6 is 0 Å².